The van der Waals surface area contributed by atoms with Crippen molar-refractivity contribution in [3.63, 3.8) is 0 Å². The molecule has 5 rings (SSSR count). The zero-order chi connectivity index (χ0) is 24.5. The van der Waals surface area contributed by atoms with Gasteiger partial charge in [0.1, 0.15) is 11.9 Å². The van der Waals surface area contributed by atoms with E-state index in [1.807, 2.05) is 50.2 Å². The molecule has 1 aliphatic rings. The molecule has 1 N–H and O–H groups in total. The monoisotopic (exact) mass is 459 g/mol. The van der Waals surface area contributed by atoms with E-state index in [-0.39, 0.29) is 11.3 Å². The van der Waals surface area contributed by atoms with E-state index in [2.05, 4.69) is 18.4 Å². The summed E-state index contributed by atoms with van der Waals surface area (Å²) < 4.78 is 11.2. The predicted octanol–water partition coefficient (Wildman–Crippen LogP) is 3.88. The number of fused-ring (bicyclic) bond motifs is 3. The Morgan fingerprint density at radius 3 is 2.26 bits per heavy atom. The second-order valence-electron chi connectivity index (χ2n) is 9.93. The second-order valence-corrected chi connectivity index (χ2v) is 9.93. The number of aromatic hydroxyl groups is 1. The number of phenols is 1. The lowest BCUT2D eigenvalue weighted by Gasteiger charge is -2.39. The number of aromatic nitrogens is 3. The van der Waals surface area contributed by atoms with Crippen molar-refractivity contribution < 1.29 is 9.84 Å². The lowest BCUT2D eigenvalue weighted by molar-refractivity contribution is -0.00799. The van der Waals surface area contributed by atoms with Crippen LogP contribution in [0.2, 0.25) is 0 Å². The minimum Gasteiger partial charge on any atom is -0.508 e. The maximum atomic E-state index is 13.6. The van der Waals surface area contributed by atoms with E-state index in [0.717, 1.165) is 27.0 Å². The SMILES string of the molecule is Cc1ccc(-c2c3c(=O)n(C)c(=O)n(C)c3c3n2C(C)(C)CO[C@H]3c2ccc(C)cc2O)cc1. The quantitative estimate of drug-likeness (QED) is 0.493. The summed E-state index contributed by atoms with van der Waals surface area (Å²) in [5.41, 5.74) is 4.25. The molecule has 0 bridgehead atoms. The van der Waals surface area contributed by atoms with Crippen LogP contribution >= 0.6 is 0 Å². The summed E-state index contributed by atoms with van der Waals surface area (Å²) in [5, 5.41) is 11.3. The van der Waals surface area contributed by atoms with E-state index in [0.29, 0.717) is 28.8 Å². The van der Waals surface area contributed by atoms with E-state index >= 15 is 0 Å². The maximum Gasteiger partial charge on any atom is 0.331 e. The number of phenolic OH excluding ortho intramolecular Hbond substituents is 1. The lowest BCUT2D eigenvalue weighted by atomic mass is 9.97. The summed E-state index contributed by atoms with van der Waals surface area (Å²) in [7, 11) is 3.18. The third kappa shape index (κ3) is 3.07. The van der Waals surface area contributed by atoms with Gasteiger partial charge in [-0.1, -0.05) is 42.0 Å². The fourth-order valence-corrected chi connectivity index (χ4v) is 5.09. The first-order valence-corrected chi connectivity index (χ1v) is 11.4. The summed E-state index contributed by atoms with van der Waals surface area (Å²) in [5.74, 6) is 0.122. The van der Waals surface area contributed by atoms with Crippen LogP contribution in [0.3, 0.4) is 0 Å². The number of benzene rings is 2. The van der Waals surface area contributed by atoms with Gasteiger partial charge in [0.2, 0.25) is 0 Å². The Morgan fingerprint density at radius 2 is 1.62 bits per heavy atom. The van der Waals surface area contributed by atoms with E-state index in [9.17, 15) is 14.7 Å². The van der Waals surface area contributed by atoms with Crippen molar-refractivity contribution in [3.8, 4) is 17.0 Å². The highest BCUT2D eigenvalue weighted by Crippen LogP contribution is 2.46. The fourth-order valence-electron chi connectivity index (χ4n) is 5.09. The van der Waals surface area contributed by atoms with Crippen LogP contribution < -0.4 is 11.2 Å². The third-order valence-corrected chi connectivity index (χ3v) is 6.86. The van der Waals surface area contributed by atoms with Gasteiger partial charge in [-0.15, -0.1) is 0 Å². The van der Waals surface area contributed by atoms with Gasteiger partial charge in [-0.3, -0.25) is 13.9 Å². The van der Waals surface area contributed by atoms with Crippen LogP contribution in [-0.2, 0) is 24.4 Å². The summed E-state index contributed by atoms with van der Waals surface area (Å²) in [6.07, 6.45) is -0.645. The van der Waals surface area contributed by atoms with Gasteiger partial charge in [0, 0.05) is 19.7 Å². The molecule has 7 nitrogen and oxygen atoms in total. The van der Waals surface area contributed by atoms with Crippen LogP contribution in [-0.4, -0.2) is 25.4 Å². The van der Waals surface area contributed by atoms with Crippen LogP contribution in [0.4, 0.5) is 0 Å². The molecule has 4 aromatic rings. The maximum absolute atomic E-state index is 13.6. The third-order valence-electron chi connectivity index (χ3n) is 6.86. The van der Waals surface area contributed by atoms with E-state index in [1.165, 1.54) is 11.6 Å². The van der Waals surface area contributed by atoms with Gasteiger partial charge < -0.3 is 14.4 Å². The van der Waals surface area contributed by atoms with E-state index in [1.54, 1.807) is 13.1 Å². The molecule has 2 aromatic carbocycles. The zero-order valence-electron chi connectivity index (χ0n) is 20.3. The molecule has 3 heterocycles. The Balaban J connectivity index is 2.01. The molecule has 34 heavy (non-hydrogen) atoms. The van der Waals surface area contributed by atoms with E-state index < -0.39 is 17.3 Å². The summed E-state index contributed by atoms with van der Waals surface area (Å²) >= 11 is 0. The predicted molar refractivity (Wildman–Crippen MR) is 133 cm³/mol. The average molecular weight is 460 g/mol. The smallest absolute Gasteiger partial charge is 0.331 e. The van der Waals surface area contributed by atoms with Crippen LogP contribution in [0.5, 0.6) is 5.75 Å². The van der Waals surface area contributed by atoms with Crippen molar-refractivity contribution in [3.05, 3.63) is 85.7 Å². The minimum absolute atomic E-state index is 0.122. The molecule has 1 atom stereocenters. The van der Waals surface area contributed by atoms with Gasteiger partial charge in [-0.2, -0.15) is 0 Å². The number of nitrogens with zero attached hydrogens (tertiary/aromatic N) is 3. The standard InChI is InChI=1S/C27H29N3O4/c1-15-7-10-17(11-8-15)21-20-22(28(5)26(33)29(6)25(20)32)23-24(34-14-27(3,4)30(21)23)18-12-9-16(2)13-19(18)31/h7-13,24,31H,14H2,1-6H3/t24-/m0/s1. The highest BCUT2D eigenvalue weighted by molar-refractivity contribution is 5.97. The first-order chi connectivity index (χ1) is 16.0. The van der Waals surface area contributed by atoms with Gasteiger partial charge in [0.15, 0.2) is 0 Å². The zero-order valence-corrected chi connectivity index (χ0v) is 20.3. The molecule has 0 spiro atoms. The Kier molecular flexibility index (Phi) is 4.88. The van der Waals surface area contributed by atoms with Crippen molar-refractivity contribution in [1.82, 2.24) is 13.7 Å². The molecule has 176 valence electrons. The number of aryl methyl sites for hydroxylation is 3. The molecule has 0 amide bonds. The number of hydrogen-bond donors (Lipinski definition) is 1. The van der Waals surface area contributed by atoms with E-state index in [4.69, 9.17) is 4.74 Å². The van der Waals surface area contributed by atoms with Crippen molar-refractivity contribution in [2.45, 2.75) is 39.3 Å². The Hall–Kier alpha value is -3.58. The number of hydrogen-bond acceptors (Lipinski definition) is 4. The Labute approximate surface area is 197 Å². The van der Waals surface area contributed by atoms with Crippen molar-refractivity contribution >= 4 is 10.9 Å². The van der Waals surface area contributed by atoms with Gasteiger partial charge >= 0.3 is 5.69 Å². The minimum atomic E-state index is -0.645. The van der Waals surface area contributed by atoms with Crippen molar-refractivity contribution in [2.24, 2.45) is 14.1 Å². The first-order valence-electron chi connectivity index (χ1n) is 11.4. The fraction of sp³-hybridized carbons (Fsp3) is 0.333. The lowest BCUT2D eigenvalue weighted by Crippen LogP contribution is -2.40. The van der Waals surface area contributed by atoms with Crippen LogP contribution in [0, 0.1) is 13.8 Å². The Bertz CT molecular complexity index is 1570. The summed E-state index contributed by atoms with van der Waals surface area (Å²) in [6.45, 7) is 8.41. The highest BCUT2D eigenvalue weighted by atomic mass is 16.5. The average Bonchev–Trinajstić information content (AvgIpc) is 3.15. The molecule has 1 aliphatic heterocycles. The van der Waals surface area contributed by atoms with Gasteiger partial charge in [-0.25, -0.2) is 4.79 Å². The first kappa shape index (κ1) is 22.2. The van der Waals surface area contributed by atoms with Gasteiger partial charge in [0.05, 0.1) is 34.4 Å². The molecule has 0 saturated heterocycles. The van der Waals surface area contributed by atoms with Gasteiger partial charge in [-0.05, 0) is 44.9 Å². The molecule has 0 fully saturated rings. The molecule has 0 aliphatic carbocycles. The summed E-state index contributed by atoms with van der Waals surface area (Å²) in [6, 6.07) is 13.5. The van der Waals surface area contributed by atoms with Crippen LogP contribution in [0.25, 0.3) is 22.2 Å². The van der Waals surface area contributed by atoms with Gasteiger partial charge in [0.25, 0.3) is 5.56 Å². The second kappa shape index (κ2) is 7.46. The molecule has 7 heteroatoms. The topological polar surface area (TPSA) is 78.4 Å². The molecule has 0 saturated carbocycles. The largest absolute Gasteiger partial charge is 0.508 e. The Morgan fingerprint density at radius 1 is 0.971 bits per heavy atom. The normalized spacial score (nSPS) is 17.2. The number of ether oxygens (including phenoxy) is 1. The van der Waals surface area contributed by atoms with Crippen LogP contribution in [0.1, 0.15) is 42.3 Å². The molecule has 0 radical (unpaired) electrons. The number of rotatable bonds is 2. The molecular weight excluding hydrogens is 430 g/mol. The highest BCUT2D eigenvalue weighted by Gasteiger charge is 2.41. The summed E-state index contributed by atoms with van der Waals surface area (Å²) in [4.78, 5) is 26.6. The van der Waals surface area contributed by atoms with Crippen molar-refractivity contribution in [2.75, 3.05) is 6.61 Å². The molecule has 0 unspecified atom stereocenters. The van der Waals surface area contributed by atoms with Crippen molar-refractivity contribution in [1.29, 1.82) is 0 Å². The molecular formula is C27H29N3O4. The molecule has 2 aromatic heterocycles. The van der Waals surface area contributed by atoms with Crippen LogP contribution in [0.15, 0.2) is 52.1 Å².